The Bertz CT molecular complexity index is 856. The molecule has 6 nitrogen and oxygen atoms in total. The average Bonchev–Trinajstić information content (AvgIpc) is 2.75. The summed E-state index contributed by atoms with van der Waals surface area (Å²) in [6.45, 7) is 9.54. The van der Waals surface area contributed by atoms with Gasteiger partial charge in [-0.05, 0) is 90.1 Å². The highest BCUT2D eigenvalue weighted by atomic mass is 32.2. The molecule has 174 valence electrons. The molecule has 0 radical (unpaired) electrons. The second-order valence-corrected chi connectivity index (χ2v) is 11.2. The highest BCUT2D eigenvalue weighted by Crippen LogP contribution is 2.26. The SMILES string of the molecule is Cc1ccc(S(=O)(=O)N2CCCCC2C)cc1C(=O)NCCCCN1CCCCC1C. The first-order valence-electron chi connectivity index (χ1n) is 12.0. The van der Waals surface area contributed by atoms with Crippen LogP contribution in [0.15, 0.2) is 23.1 Å². The number of unbranched alkanes of at least 4 members (excludes halogenated alkanes) is 1. The van der Waals surface area contributed by atoms with Gasteiger partial charge in [-0.3, -0.25) is 4.79 Å². The van der Waals surface area contributed by atoms with Crippen LogP contribution in [-0.2, 0) is 10.0 Å². The number of aryl methyl sites for hydroxylation is 1. The molecule has 2 aliphatic heterocycles. The molecular formula is C24H39N3O3S. The van der Waals surface area contributed by atoms with E-state index in [4.69, 9.17) is 0 Å². The lowest BCUT2D eigenvalue weighted by Gasteiger charge is -2.33. The second-order valence-electron chi connectivity index (χ2n) is 9.28. The number of carbonyl (C=O) groups excluding carboxylic acids is 1. The number of hydrogen-bond donors (Lipinski definition) is 1. The maximum Gasteiger partial charge on any atom is 0.251 e. The van der Waals surface area contributed by atoms with E-state index in [1.54, 1.807) is 22.5 Å². The van der Waals surface area contributed by atoms with Gasteiger partial charge in [0.15, 0.2) is 0 Å². The number of hydrogen-bond acceptors (Lipinski definition) is 4. The van der Waals surface area contributed by atoms with E-state index in [-0.39, 0.29) is 16.8 Å². The number of carbonyl (C=O) groups is 1. The zero-order valence-electron chi connectivity index (χ0n) is 19.4. The summed E-state index contributed by atoms with van der Waals surface area (Å²) >= 11 is 0. The van der Waals surface area contributed by atoms with Crippen LogP contribution in [0.1, 0.15) is 81.1 Å². The fraction of sp³-hybridized carbons (Fsp3) is 0.708. The summed E-state index contributed by atoms with van der Waals surface area (Å²) in [6.07, 6.45) is 8.72. The molecule has 0 aliphatic carbocycles. The van der Waals surface area contributed by atoms with Crippen molar-refractivity contribution in [2.45, 2.75) is 89.1 Å². The van der Waals surface area contributed by atoms with E-state index in [0.717, 1.165) is 44.2 Å². The molecule has 0 bridgehead atoms. The first kappa shape index (κ1) is 24.2. The minimum atomic E-state index is -3.58. The van der Waals surface area contributed by atoms with Crippen molar-refractivity contribution < 1.29 is 13.2 Å². The Morgan fingerprint density at radius 3 is 2.45 bits per heavy atom. The zero-order valence-corrected chi connectivity index (χ0v) is 20.2. The van der Waals surface area contributed by atoms with Crippen LogP contribution in [-0.4, -0.2) is 61.8 Å². The third-order valence-corrected chi connectivity index (χ3v) is 8.91. The van der Waals surface area contributed by atoms with Gasteiger partial charge in [0.25, 0.3) is 5.91 Å². The van der Waals surface area contributed by atoms with Crippen LogP contribution in [0.5, 0.6) is 0 Å². The van der Waals surface area contributed by atoms with E-state index < -0.39 is 10.0 Å². The topological polar surface area (TPSA) is 69.7 Å². The van der Waals surface area contributed by atoms with Crippen molar-refractivity contribution in [2.75, 3.05) is 26.2 Å². The number of likely N-dealkylation sites (tertiary alicyclic amines) is 1. The summed E-state index contributed by atoms with van der Waals surface area (Å²) in [6, 6.07) is 5.59. The summed E-state index contributed by atoms with van der Waals surface area (Å²) in [5.41, 5.74) is 1.25. The van der Waals surface area contributed by atoms with E-state index in [1.807, 2.05) is 13.8 Å². The molecule has 3 rings (SSSR count). The molecule has 2 atom stereocenters. The van der Waals surface area contributed by atoms with Crippen molar-refractivity contribution in [3.8, 4) is 0 Å². The van der Waals surface area contributed by atoms with Crippen molar-refractivity contribution in [3.05, 3.63) is 29.3 Å². The first-order valence-corrected chi connectivity index (χ1v) is 13.4. The number of nitrogens with one attached hydrogen (secondary N) is 1. The number of sulfonamides is 1. The van der Waals surface area contributed by atoms with Crippen molar-refractivity contribution in [1.29, 1.82) is 0 Å². The van der Waals surface area contributed by atoms with Gasteiger partial charge in [-0.15, -0.1) is 0 Å². The van der Waals surface area contributed by atoms with E-state index >= 15 is 0 Å². The molecule has 1 aromatic rings. The molecule has 7 heteroatoms. The minimum Gasteiger partial charge on any atom is -0.352 e. The average molecular weight is 450 g/mol. The molecule has 1 amide bonds. The molecule has 1 N–H and O–H groups in total. The van der Waals surface area contributed by atoms with Crippen LogP contribution in [0.4, 0.5) is 0 Å². The Morgan fingerprint density at radius 1 is 1.03 bits per heavy atom. The van der Waals surface area contributed by atoms with Crippen LogP contribution in [0.3, 0.4) is 0 Å². The van der Waals surface area contributed by atoms with Gasteiger partial charge in [-0.25, -0.2) is 8.42 Å². The maximum atomic E-state index is 13.1. The summed E-state index contributed by atoms with van der Waals surface area (Å²) in [5.74, 6) is -0.187. The lowest BCUT2D eigenvalue weighted by Crippen LogP contribution is -2.42. The van der Waals surface area contributed by atoms with Gasteiger partial charge in [0.2, 0.25) is 10.0 Å². The largest absolute Gasteiger partial charge is 0.352 e. The predicted octanol–water partition coefficient (Wildman–Crippen LogP) is 3.94. The normalized spacial score (nSPS) is 23.6. The molecule has 2 unspecified atom stereocenters. The maximum absolute atomic E-state index is 13.1. The smallest absolute Gasteiger partial charge is 0.251 e. The van der Waals surface area contributed by atoms with Gasteiger partial charge >= 0.3 is 0 Å². The van der Waals surface area contributed by atoms with Gasteiger partial charge in [-0.2, -0.15) is 4.31 Å². The fourth-order valence-corrected chi connectivity index (χ4v) is 6.52. The van der Waals surface area contributed by atoms with Gasteiger partial charge in [0.1, 0.15) is 0 Å². The third-order valence-electron chi connectivity index (χ3n) is 6.90. The molecule has 0 saturated carbocycles. The van der Waals surface area contributed by atoms with Crippen LogP contribution >= 0.6 is 0 Å². The molecule has 2 aliphatic rings. The summed E-state index contributed by atoms with van der Waals surface area (Å²) in [4.78, 5) is 15.5. The number of benzene rings is 1. The van der Waals surface area contributed by atoms with E-state index in [1.165, 1.54) is 25.8 Å². The highest BCUT2D eigenvalue weighted by Gasteiger charge is 2.31. The Morgan fingerprint density at radius 2 is 1.74 bits per heavy atom. The molecule has 1 aromatic carbocycles. The van der Waals surface area contributed by atoms with Crippen molar-refractivity contribution >= 4 is 15.9 Å². The molecule has 0 spiro atoms. The van der Waals surface area contributed by atoms with Crippen LogP contribution in [0.25, 0.3) is 0 Å². The zero-order chi connectivity index (χ0) is 22.4. The number of nitrogens with zero attached hydrogens (tertiary/aromatic N) is 2. The van der Waals surface area contributed by atoms with Gasteiger partial charge < -0.3 is 10.2 Å². The van der Waals surface area contributed by atoms with Gasteiger partial charge in [-0.1, -0.05) is 18.9 Å². The highest BCUT2D eigenvalue weighted by molar-refractivity contribution is 7.89. The van der Waals surface area contributed by atoms with Gasteiger partial charge in [0.05, 0.1) is 4.90 Å². The van der Waals surface area contributed by atoms with Crippen molar-refractivity contribution in [3.63, 3.8) is 0 Å². The molecular weight excluding hydrogens is 410 g/mol. The van der Waals surface area contributed by atoms with Crippen LogP contribution in [0.2, 0.25) is 0 Å². The van der Waals surface area contributed by atoms with E-state index in [0.29, 0.717) is 24.7 Å². The van der Waals surface area contributed by atoms with Gasteiger partial charge in [0, 0.05) is 30.7 Å². The summed E-state index contributed by atoms with van der Waals surface area (Å²) in [7, 11) is -3.58. The molecule has 2 heterocycles. The lowest BCUT2D eigenvalue weighted by molar-refractivity contribution is 0.0950. The Balaban J connectivity index is 1.56. The van der Waals surface area contributed by atoms with Crippen molar-refractivity contribution in [2.24, 2.45) is 0 Å². The fourth-order valence-electron chi connectivity index (χ4n) is 4.80. The number of piperidine rings is 2. The summed E-state index contributed by atoms with van der Waals surface area (Å²) < 4.78 is 27.9. The molecule has 2 saturated heterocycles. The predicted molar refractivity (Wildman–Crippen MR) is 125 cm³/mol. The third kappa shape index (κ3) is 6.08. The number of amides is 1. The minimum absolute atomic E-state index is 0.0000445. The van der Waals surface area contributed by atoms with E-state index in [2.05, 4.69) is 17.1 Å². The summed E-state index contributed by atoms with van der Waals surface area (Å²) in [5, 5.41) is 2.99. The Labute approximate surface area is 188 Å². The second kappa shape index (κ2) is 10.9. The van der Waals surface area contributed by atoms with E-state index in [9.17, 15) is 13.2 Å². The molecule has 31 heavy (non-hydrogen) atoms. The Hall–Kier alpha value is -1.44. The quantitative estimate of drug-likeness (QED) is 0.610. The Kier molecular flexibility index (Phi) is 8.53. The first-order chi connectivity index (χ1) is 14.8. The van der Waals surface area contributed by atoms with Crippen molar-refractivity contribution in [1.82, 2.24) is 14.5 Å². The van der Waals surface area contributed by atoms with Crippen LogP contribution < -0.4 is 5.32 Å². The monoisotopic (exact) mass is 449 g/mol. The van der Waals surface area contributed by atoms with Crippen LogP contribution in [0, 0.1) is 6.92 Å². The standard InChI is InChI=1S/C24H39N3O3S/c1-19-12-13-22(31(29,30)27-17-8-5-11-21(27)3)18-23(19)24(28)25-14-6-9-16-26-15-7-4-10-20(26)2/h12-13,18,20-21H,4-11,14-17H2,1-3H3,(H,25,28). The lowest BCUT2D eigenvalue weighted by atomic mass is 10.0. The molecule has 0 aromatic heterocycles. The molecule has 2 fully saturated rings. The number of rotatable bonds is 8.